The molecule has 1 saturated heterocycles. The van der Waals surface area contributed by atoms with Gasteiger partial charge in [0.1, 0.15) is 5.78 Å². The third-order valence-electron chi connectivity index (χ3n) is 3.83. The van der Waals surface area contributed by atoms with Gasteiger partial charge in [0.15, 0.2) is 0 Å². The summed E-state index contributed by atoms with van der Waals surface area (Å²) in [4.78, 5) is 24.0. The summed E-state index contributed by atoms with van der Waals surface area (Å²) in [5.74, 6) is -0.687. The van der Waals surface area contributed by atoms with Crippen LogP contribution in [0.25, 0.3) is 0 Å². The number of esters is 1. The maximum absolute atomic E-state index is 12.5. The van der Waals surface area contributed by atoms with Gasteiger partial charge in [0.2, 0.25) is 0 Å². The molecule has 0 spiro atoms. The number of ketones is 1. The van der Waals surface area contributed by atoms with E-state index in [0.29, 0.717) is 5.57 Å². The molecule has 3 aliphatic rings. The van der Waals surface area contributed by atoms with Crippen molar-refractivity contribution in [1.82, 2.24) is 5.32 Å². The molecule has 0 aromatic carbocycles. The van der Waals surface area contributed by atoms with E-state index in [4.69, 9.17) is 4.74 Å². The number of carbonyl (C=O) groups is 2. The van der Waals surface area contributed by atoms with E-state index in [9.17, 15) is 9.59 Å². The lowest BCUT2D eigenvalue weighted by molar-refractivity contribution is -0.135. The number of fused-ring (bicyclic) bond motifs is 2. The van der Waals surface area contributed by atoms with E-state index in [-0.39, 0.29) is 29.7 Å². The highest BCUT2D eigenvalue weighted by Crippen LogP contribution is 2.30. The summed E-state index contributed by atoms with van der Waals surface area (Å²) in [6.45, 7) is 0. The Hall–Kier alpha value is -1.94. The number of hydrogen-bond acceptors (Lipinski definition) is 4. The van der Waals surface area contributed by atoms with Gasteiger partial charge in [-0.15, -0.1) is 0 Å². The number of ether oxygens (including phenoxy) is 1. The van der Waals surface area contributed by atoms with Crippen molar-refractivity contribution in [3.05, 3.63) is 48.1 Å². The van der Waals surface area contributed by atoms with Crippen molar-refractivity contribution in [2.75, 3.05) is 7.11 Å². The molecule has 4 atom stereocenters. The van der Waals surface area contributed by atoms with Gasteiger partial charge in [0, 0.05) is 12.1 Å². The number of hydrogen-bond donors (Lipinski definition) is 1. The van der Waals surface area contributed by atoms with Crippen LogP contribution < -0.4 is 5.32 Å². The van der Waals surface area contributed by atoms with Gasteiger partial charge in [-0.2, -0.15) is 0 Å². The Kier molecular flexibility index (Phi) is 2.95. The zero-order chi connectivity index (χ0) is 13.4. The van der Waals surface area contributed by atoms with Crippen LogP contribution in [0.5, 0.6) is 0 Å². The molecule has 0 aromatic rings. The first-order valence-electron chi connectivity index (χ1n) is 6.34. The lowest BCUT2D eigenvalue weighted by Crippen LogP contribution is -2.56. The van der Waals surface area contributed by atoms with Gasteiger partial charge in [-0.1, -0.05) is 42.5 Å². The third-order valence-corrected chi connectivity index (χ3v) is 3.83. The number of nitrogens with one attached hydrogen (secondary N) is 1. The van der Waals surface area contributed by atoms with Crippen LogP contribution >= 0.6 is 0 Å². The maximum Gasteiger partial charge on any atom is 0.337 e. The monoisotopic (exact) mass is 257 g/mol. The highest BCUT2D eigenvalue weighted by atomic mass is 16.5. The predicted octanol–water partition coefficient (Wildman–Crippen LogP) is 0.923. The van der Waals surface area contributed by atoms with Crippen molar-refractivity contribution < 1.29 is 14.3 Å². The lowest BCUT2D eigenvalue weighted by Gasteiger charge is -2.39. The van der Waals surface area contributed by atoms with Gasteiger partial charge in [-0.05, 0) is 0 Å². The standard InChI is InChI=1S/C15H15NO3/c1-19-15(18)9-6-7-13-11(8-9)14(17)10-4-2-3-5-12(10)16-13/h2-8,10-13,16H,1H3. The SMILES string of the molecule is COC(=O)C1=CC2C(=O)C3C=CC=CC3NC2C=C1. The molecule has 0 bridgehead atoms. The minimum absolute atomic E-state index is 0.0432. The van der Waals surface area contributed by atoms with E-state index in [1.165, 1.54) is 7.11 Å². The minimum atomic E-state index is -0.399. The number of allylic oxidation sites excluding steroid dienone is 2. The minimum Gasteiger partial charge on any atom is -0.465 e. The summed E-state index contributed by atoms with van der Waals surface area (Å²) in [7, 11) is 1.34. The van der Waals surface area contributed by atoms with Crippen LogP contribution in [-0.4, -0.2) is 30.9 Å². The van der Waals surface area contributed by atoms with Crippen LogP contribution in [0.2, 0.25) is 0 Å². The van der Waals surface area contributed by atoms with Gasteiger partial charge in [0.05, 0.1) is 24.5 Å². The summed E-state index contributed by atoms with van der Waals surface area (Å²) in [6, 6.07) is 0.00906. The number of carbonyl (C=O) groups excluding carboxylic acids is 2. The zero-order valence-corrected chi connectivity index (χ0v) is 10.6. The fourth-order valence-corrected chi connectivity index (χ4v) is 2.83. The molecule has 1 fully saturated rings. The summed E-state index contributed by atoms with van der Waals surface area (Å²) in [5, 5.41) is 3.42. The molecule has 1 N–H and O–H groups in total. The fourth-order valence-electron chi connectivity index (χ4n) is 2.83. The van der Waals surface area contributed by atoms with E-state index in [1.807, 2.05) is 30.4 Å². The average molecular weight is 257 g/mol. The van der Waals surface area contributed by atoms with Crippen molar-refractivity contribution in [2.45, 2.75) is 12.1 Å². The van der Waals surface area contributed by atoms with E-state index < -0.39 is 5.97 Å². The van der Waals surface area contributed by atoms with Crippen molar-refractivity contribution in [1.29, 1.82) is 0 Å². The Morgan fingerprint density at radius 3 is 2.68 bits per heavy atom. The molecule has 2 aliphatic carbocycles. The summed E-state index contributed by atoms with van der Waals surface area (Å²) in [5.41, 5.74) is 0.452. The van der Waals surface area contributed by atoms with Crippen LogP contribution in [0.4, 0.5) is 0 Å². The predicted molar refractivity (Wildman–Crippen MR) is 70.2 cm³/mol. The molecule has 98 valence electrons. The molecule has 4 unspecified atom stereocenters. The molecule has 19 heavy (non-hydrogen) atoms. The Morgan fingerprint density at radius 2 is 1.89 bits per heavy atom. The summed E-state index contributed by atoms with van der Waals surface area (Å²) >= 11 is 0. The topological polar surface area (TPSA) is 55.4 Å². The molecular weight excluding hydrogens is 242 g/mol. The van der Waals surface area contributed by atoms with Gasteiger partial charge in [-0.3, -0.25) is 4.79 Å². The molecule has 4 nitrogen and oxygen atoms in total. The van der Waals surface area contributed by atoms with E-state index in [2.05, 4.69) is 5.32 Å². The molecule has 0 amide bonds. The molecule has 0 saturated carbocycles. The Bertz CT molecular complexity index is 542. The van der Waals surface area contributed by atoms with Crippen LogP contribution in [0.1, 0.15) is 0 Å². The number of methoxy groups -OCH3 is 1. The second-order valence-electron chi connectivity index (χ2n) is 4.91. The molecule has 3 rings (SSSR count). The molecule has 1 aliphatic heterocycles. The van der Waals surface area contributed by atoms with Gasteiger partial charge in [-0.25, -0.2) is 4.79 Å². The van der Waals surface area contributed by atoms with Gasteiger partial charge in [0.25, 0.3) is 0 Å². The van der Waals surface area contributed by atoms with E-state index in [0.717, 1.165) is 0 Å². The number of rotatable bonds is 1. The van der Waals surface area contributed by atoms with Crippen molar-refractivity contribution >= 4 is 11.8 Å². The molecule has 0 radical (unpaired) electrons. The van der Waals surface area contributed by atoms with Gasteiger partial charge < -0.3 is 10.1 Å². The normalized spacial score (nSPS) is 35.4. The average Bonchev–Trinajstić information content (AvgIpc) is 2.46. The van der Waals surface area contributed by atoms with Crippen LogP contribution in [0.15, 0.2) is 48.1 Å². The second-order valence-corrected chi connectivity index (χ2v) is 4.91. The maximum atomic E-state index is 12.5. The van der Waals surface area contributed by atoms with E-state index in [1.54, 1.807) is 12.2 Å². The molecule has 0 aromatic heterocycles. The highest BCUT2D eigenvalue weighted by Gasteiger charge is 2.41. The van der Waals surface area contributed by atoms with E-state index >= 15 is 0 Å². The Morgan fingerprint density at radius 1 is 1.16 bits per heavy atom. The van der Waals surface area contributed by atoms with Crippen molar-refractivity contribution in [3.63, 3.8) is 0 Å². The third kappa shape index (κ3) is 1.98. The summed E-state index contributed by atoms with van der Waals surface area (Å²) < 4.78 is 4.70. The fraction of sp³-hybridized carbons (Fsp3) is 0.333. The number of Topliss-reactive ketones (excluding diaryl/α,β-unsaturated/α-hetero) is 1. The van der Waals surface area contributed by atoms with Crippen molar-refractivity contribution in [2.24, 2.45) is 11.8 Å². The van der Waals surface area contributed by atoms with Crippen LogP contribution in [0, 0.1) is 11.8 Å². The molecule has 4 heteroatoms. The second kappa shape index (κ2) is 4.63. The highest BCUT2D eigenvalue weighted by molar-refractivity contribution is 5.96. The van der Waals surface area contributed by atoms with Crippen LogP contribution in [-0.2, 0) is 14.3 Å². The smallest absolute Gasteiger partial charge is 0.337 e. The van der Waals surface area contributed by atoms with Crippen LogP contribution in [0.3, 0.4) is 0 Å². The number of piperidine rings is 1. The molecular formula is C15H15NO3. The lowest BCUT2D eigenvalue weighted by atomic mass is 9.75. The quantitative estimate of drug-likeness (QED) is 0.710. The van der Waals surface area contributed by atoms with Crippen molar-refractivity contribution in [3.8, 4) is 0 Å². The first-order chi connectivity index (χ1) is 9.20. The first kappa shape index (κ1) is 12.1. The Balaban J connectivity index is 1.89. The summed E-state index contributed by atoms with van der Waals surface area (Å²) in [6.07, 6.45) is 13.1. The first-order valence-corrected chi connectivity index (χ1v) is 6.34. The van der Waals surface area contributed by atoms with Gasteiger partial charge >= 0.3 is 5.97 Å². The zero-order valence-electron chi connectivity index (χ0n) is 10.6. The molecule has 1 heterocycles. The Labute approximate surface area is 111 Å². The largest absolute Gasteiger partial charge is 0.465 e.